The van der Waals surface area contributed by atoms with E-state index >= 15 is 0 Å². The first-order valence-electron chi connectivity index (χ1n) is 5.61. The van der Waals surface area contributed by atoms with Gasteiger partial charge in [0.2, 0.25) is 0 Å². The molecule has 0 spiro atoms. The monoisotopic (exact) mass is 380 g/mol. The maximum Gasteiger partial charge on any atom is 0.0658 e. The molecule has 3 aromatic rings. The third kappa shape index (κ3) is 2.27. The summed E-state index contributed by atoms with van der Waals surface area (Å²) in [5, 5.41) is 3.58. The van der Waals surface area contributed by atoms with Crippen LogP contribution in [0.3, 0.4) is 0 Å². The van der Waals surface area contributed by atoms with E-state index in [0.717, 1.165) is 4.47 Å². The molecule has 0 amide bonds. The fourth-order valence-electron chi connectivity index (χ4n) is 2.01. The maximum atomic E-state index is 3.81. The summed E-state index contributed by atoms with van der Waals surface area (Å²) in [5.74, 6) is 0. The number of hydrogen-bond acceptors (Lipinski definition) is 1. The average molecular weight is 382 g/mol. The topological polar surface area (TPSA) is 0 Å². The molecular formula is C15H10Br2S. The fraction of sp³-hybridized carbons (Fsp3) is 0.0667. The van der Waals surface area contributed by atoms with Crippen LogP contribution in [0, 0.1) is 0 Å². The van der Waals surface area contributed by atoms with E-state index in [-0.39, 0.29) is 4.83 Å². The molecule has 0 bridgehead atoms. The van der Waals surface area contributed by atoms with E-state index < -0.39 is 0 Å². The third-order valence-corrected chi connectivity index (χ3v) is 5.48. The first-order chi connectivity index (χ1) is 8.75. The highest BCUT2D eigenvalue weighted by atomic mass is 79.9. The Hall–Kier alpha value is -0.640. The Bertz CT molecular complexity index is 670. The van der Waals surface area contributed by atoms with Crippen molar-refractivity contribution >= 4 is 53.3 Å². The van der Waals surface area contributed by atoms with Gasteiger partial charge in [-0.15, -0.1) is 11.3 Å². The quantitative estimate of drug-likeness (QED) is 0.467. The SMILES string of the molecule is Brc1ccc(C(Br)c2csc3ccccc23)cc1. The van der Waals surface area contributed by atoms with Crippen LogP contribution in [0.2, 0.25) is 0 Å². The number of halogens is 2. The molecule has 0 fully saturated rings. The van der Waals surface area contributed by atoms with E-state index in [9.17, 15) is 0 Å². The molecule has 1 heterocycles. The number of rotatable bonds is 2. The van der Waals surface area contributed by atoms with Crippen LogP contribution in [0.15, 0.2) is 58.4 Å². The molecule has 0 saturated heterocycles. The molecule has 0 aliphatic rings. The maximum absolute atomic E-state index is 3.81. The van der Waals surface area contributed by atoms with Crippen LogP contribution < -0.4 is 0 Å². The van der Waals surface area contributed by atoms with Crippen molar-refractivity contribution in [3.05, 3.63) is 69.5 Å². The van der Waals surface area contributed by atoms with Gasteiger partial charge in [0.1, 0.15) is 0 Å². The van der Waals surface area contributed by atoms with Gasteiger partial charge >= 0.3 is 0 Å². The summed E-state index contributed by atoms with van der Waals surface area (Å²) in [4.78, 5) is 0.252. The van der Waals surface area contributed by atoms with Crippen LogP contribution in [0.4, 0.5) is 0 Å². The van der Waals surface area contributed by atoms with E-state index in [1.54, 1.807) is 11.3 Å². The largest absolute Gasteiger partial charge is 0.143 e. The van der Waals surface area contributed by atoms with E-state index in [1.807, 2.05) is 0 Å². The van der Waals surface area contributed by atoms with Crippen molar-refractivity contribution in [2.24, 2.45) is 0 Å². The molecular weight excluding hydrogens is 372 g/mol. The van der Waals surface area contributed by atoms with Gasteiger partial charge in [-0.25, -0.2) is 0 Å². The zero-order valence-corrected chi connectivity index (χ0v) is 13.4. The predicted molar refractivity (Wildman–Crippen MR) is 86.7 cm³/mol. The Morgan fingerprint density at radius 3 is 2.44 bits per heavy atom. The lowest BCUT2D eigenvalue weighted by atomic mass is 10.0. The number of hydrogen-bond donors (Lipinski definition) is 0. The molecule has 0 radical (unpaired) electrons. The van der Waals surface area contributed by atoms with Crippen LogP contribution in [0.1, 0.15) is 16.0 Å². The van der Waals surface area contributed by atoms with Gasteiger partial charge in [0.25, 0.3) is 0 Å². The molecule has 1 atom stereocenters. The molecule has 3 heteroatoms. The van der Waals surface area contributed by atoms with Crippen molar-refractivity contribution in [3.8, 4) is 0 Å². The van der Waals surface area contributed by atoms with Crippen LogP contribution in [0.25, 0.3) is 10.1 Å². The lowest BCUT2D eigenvalue weighted by molar-refractivity contribution is 1.21. The zero-order valence-electron chi connectivity index (χ0n) is 9.44. The molecule has 2 aromatic carbocycles. The van der Waals surface area contributed by atoms with Crippen molar-refractivity contribution in [3.63, 3.8) is 0 Å². The summed E-state index contributed by atoms with van der Waals surface area (Å²) in [7, 11) is 0. The summed E-state index contributed by atoms with van der Waals surface area (Å²) in [6, 6.07) is 17.0. The van der Waals surface area contributed by atoms with E-state index in [4.69, 9.17) is 0 Å². The Morgan fingerprint density at radius 1 is 0.944 bits per heavy atom. The minimum atomic E-state index is 0.252. The first-order valence-corrected chi connectivity index (χ1v) is 8.20. The molecule has 90 valence electrons. The summed E-state index contributed by atoms with van der Waals surface area (Å²) >= 11 is 9.08. The van der Waals surface area contributed by atoms with Gasteiger partial charge in [-0.05, 0) is 40.1 Å². The normalized spacial score (nSPS) is 12.8. The van der Waals surface area contributed by atoms with Crippen LogP contribution in [-0.4, -0.2) is 0 Å². The molecule has 1 unspecified atom stereocenters. The van der Waals surface area contributed by atoms with Gasteiger partial charge < -0.3 is 0 Å². The van der Waals surface area contributed by atoms with Crippen molar-refractivity contribution in [2.45, 2.75) is 4.83 Å². The predicted octanol–water partition coefficient (Wildman–Crippen LogP) is 6.15. The van der Waals surface area contributed by atoms with Gasteiger partial charge in [-0.2, -0.15) is 0 Å². The van der Waals surface area contributed by atoms with Crippen molar-refractivity contribution in [1.29, 1.82) is 0 Å². The Balaban J connectivity index is 2.06. The highest BCUT2D eigenvalue weighted by Gasteiger charge is 2.14. The third-order valence-electron chi connectivity index (χ3n) is 2.95. The van der Waals surface area contributed by atoms with Crippen molar-refractivity contribution < 1.29 is 0 Å². The fourth-order valence-corrected chi connectivity index (χ4v) is 4.12. The zero-order chi connectivity index (χ0) is 12.5. The Morgan fingerprint density at radius 2 is 1.67 bits per heavy atom. The second-order valence-electron chi connectivity index (χ2n) is 4.10. The summed E-state index contributed by atoms with van der Waals surface area (Å²) in [6.45, 7) is 0. The minimum Gasteiger partial charge on any atom is -0.143 e. The van der Waals surface area contributed by atoms with Crippen LogP contribution in [0.5, 0.6) is 0 Å². The second-order valence-corrected chi connectivity index (χ2v) is 6.84. The molecule has 0 aliphatic heterocycles. The number of fused-ring (bicyclic) bond motifs is 1. The van der Waals surface area contributed by atoms with E-state index in [0.29, 0.717) is 0 Å². The average Bonchev–Trinajstić information content (AvgIpc) is 2.82. The summed E-state index contributed by atoms with van der Waals surface area (Å²) in [5.41, 5.74) is 2.62. The standard InChI is InChI=1S/C15H10Br2S/c16-11-7-5-10(6-8-11)15(17)13-9-18-14-4-2-1-3-12(13)14/h1-9,15H. The van der Waals surface area contributed by atoms with Crippen LogP contribution in [-0.2, 0) is 0 Å². The number of benzene rings is 2. The highest BCUT2D eigenvalue weighted by molar-refractivity contribution is 9.10. The Labute approximate surface area is 127 Å². The molecule has 0 aliphatic carbocycles. The van der Waals surface area contributed by atoms with Gasteiger partial charge in [0, 0.05) is 9.17 Å². The first kappa shape index (κ1) is 12.4. The molecule has 0 saturated carbocycles. The molecule has 0 N–H and O–H groups in total. The van der Waals surface area contributed by atoms with Gasteiger partial charge in [-0.3, -0.25) is 0 Å². The number of thiophene rings is 1. The van der Waals surface area contributed by atoms with Gasteiger partial charge in [-0.1, -0.05) is 62.2 Å². The lowest BCUT2D eigenvalue weighted by Gasteiger charge is -2.09. The van der Waals surface area contributed by atoms with E-state index in [1.165, 1.54) is 21.2 Å². The number of alkyl halides is 1. The lowest BCUT2D eigenvalue weighted by Crippen LogP contribution is -1.90. The van der Waals surface area contributed by atoms with Crippen molar-refractivity contribution in [2.75, 3.05) is 0 Å². The summed E-state index contributed by atoms with van der Waals surface area (Å²) in [6.07, 6.45) is 0. The second kappa shape index (κ2) is 5.16. The van der Waals surface area contributed by atoms with Crippen LogP contribution >= 0.6 is 43.2 Å². The molecule has 3 rings (SSSR count). The van der Waals surface area contributed by atoms with Crippen molar-refractivity contribution in [1.82, 2.24) is 0 Å². The van der Waals surface area contributed by atoms with Gasteiger partial charge in [0.05, 0.1) is 4.83 Å². The Kier molecular flexibility index (Phi) is 3.55. The van der Waals surface area contributed by atoms with Gasteiger partial charge in [0.15, 0.2) is 0 Å². The smallest absolute Gasteiger partial charge is 0.0658 e. The molecule has 18 heavy (non-hydrogen) atoms. The minimum absolute atomic E-state index is 0.252. The highest BCUT2D eigenvalue weighted by Crippen LogP contribution is 2.38. The molecule has 1 aromatic heterocycles. The summed E-state index contributed by atoms with van der Waals surface area (Å²) < 4.78 is 2.45. The molecule has 0 nitrogen and oxygen atoms in total. The van der Waals surface area contributed by atoms with E-state index in [2.05, 4.69) is 85.8 Å².